The largest absolute Gasteiger partial charge is 0.373 e. The third-order valence-corrected chi connectivity index (χ3v) is 5.21. The molecule has 1 saturated heterocycles. The third kappa shape index (κ3) is 4.09. The predicted molar refractivity (Wildman–Crippen MR) is 113 cm³/mol. The van der Waals surface area contributed by atoms with Crippen molar-refractivity contribution in [3.05, 3.63) is 78.1 Å². The molecule has 2 aromatic carbocycles. The monoisotopic (exact) mass is 390 g/mol. The van der Waals surface area contributed by atoms with Crippen LogP contribution in [0.1, 0.15) is 22.0 Å². The van der Waals surface area contributed by atoms with Gasteiger partial charge in [0.25, 0.3) is 5.91 Å². The van der Waals surface area contributed by atoms with E-state index in [0.29, 0.717) is 24.5 Å². The molecule has 1 aliphatic rings. The van der Waals surface area contributed by atoms with E-state index < -0.39 is 0 Å². The molecule has 1 amide bonds. The Balaban J connectivity index is 1.73. The van der Waals surface area contributed by atoms with Crippen LogP contribution in [0.3, 0.4) is 0 Å². The molecule has 0 radical (unpaired) electrons. The zero-order chi connectivity index (χ0) is 20.2. The average Bonchev–Trinajstić information content (AvgIpc) is 3.28. The number of hydrogen-bond acceptors (Lipinski definition) is 4. The number of benzene rings is 2. The Morgan fingerprint density at radius 3 is 2.66 bits per heavy atom. The van der Waals surface area contributed by atoms with Crippen LogP contribution in [0.4, 0.5) is 0 Å². The minimum absolute atomic E-state index is 0.00194. The van der Waals surface area contributed by atoms with Crippen molar-refractivity contribution in [1.29, 1.82) is 0 Å². The molecule has 2 atom stereocenters. The van der Waals surface area contributed by atoms with Gasteiger partial charge in [-0.3, -0.25) is 4.79 Å². The first-order chi connectivity index (χ1) is 14.1. The van der Waals surface area contributed by atoms with Crippen molar-refractivity contribution < 1.29 is 9.53 Å². The van der Waals surface area contributed by atoms with E-state index in [0.717, 1.165) is 17.7 Å². The van der Waals surface area contributed by atoms with Gasteiger partial charge < -0.3 is 19.5 Å². The standard InChI is InChI=1S/C23H26N4O2/c1-26(2)16-20-21(17-8-4-3-5-9-17)27(14-15-29-20)23(28)19-11-7-6-10-18(19)22-24-12-13-25-22/h3-13,20-21H,14-16H2,1-2H3,(H,24,25)/t20-,21-/m0/s1. The van der Waals surface area contributed by atoms with E-state index in [-0.39, 0.29) is 18.1 Å². The molecule has 3 aromatic rings. The zero-order valence-electron chi connectivity index (χ0n) is 16.8. The maximum absolute atomic E-state index is 13.7. The number of ether oxygens (including phenoxy) is 1. The van der Waals surface area contributed by atoms with Crippen molar-refractivity contribution in [2.75, 3.05) is 33.8 Å². The number of morpholine rings is 1. The van der Waals surface area contributed by atoms with E-state index >= 15 is 0 Å². The summed E-state index contributed by atoms with van der Waals surface area (Å²) in [5.41, 5.74) is 2.54. The summed E-state index contributed by atoms with van der Waals surface area (Å²) < 4.78 is 6.12. The number of imidazole rings is 1. The molecule has 6 nitrogen and oxygen atoms in total. The van der Waals surface area contributed by atoms with Crippen LogP contribution in [0.2, 0.25) is 0 Å². The fraction of sp³-hybridized carbons (Fsp3) is 0.304. The zero-order valence-corrected chi connectivity index (χ0v) is 16.8. The van der Waals surface area contributed by atoms with Gasteiger partial charge in [0.1, 0.15) is 5.82 Å². The normalized spacial score (nSPS) is 19.5. The summed E-state index contributed by atoms with van der Waals surface area (Å²) in [6.07, 6.45) is 3.37. The lowest BCUT2D eigenvalue weighted by atomic mass is 9.95. The number of likely N-dealkylation sites (N-methyl/N-ethyl adjacent to an activating group) is 1. The van der Waals surface area contributed by atoms with Crippen molar-refractivity contribution in [2.45, 2.75) is 12.1 Å². The summed E-state index contributed by atoms with van der Waals surface area (Å²) in [4.78, 5) is 25.3. The Morgan fingerprint density at radius 2 is 1.93 bits per heavy atom. The highest BCUT2D eigenvalue weighted by atomic mass is 16.5. The topological polar surface area (TPSA) is 61.5 Å². The van der Waals surface area contributed by atoms with Crippen LogP contribution < -0.4 is 0 Å². The maximum Gasteiger partial charge on any atom is 0.255 e. The molecular weight excluding hydrogens is 364 g/mol. The van der Waals surface area contributed by atoms with Crippen molar-refractivity contribution in [3.63, 3.8) is 0 Å². The number of carbonyl (C=O) groups excluding carboxylic acids is 1. The first-order valence-corrected chi connectivity index (χ1v) is 9.86. The van der Waals surface area contributed by atoms with Gasteiger partial charge in [0.15, 0.2) is 0 Å². The van der Waals surface area contributed by atoms with E-state index in [1.807, 2.05) is 61.5 Å². The van der Waals surface area contributed by atoms with E-state index in [1.165, 1.54) is 0 Å². The molecule has 29 heavy (non-hydrogen) atoms. The van der Waals surface area contributed by atoms with Gasteiger partial charge in [-0.2, -0.15) is 0 Å². The van der Waals surface area contributed by atoms with Crippen LogP contribution in [0.25, 0.3) is 11.4 Å². The molecule has 150 valence electrons. The van der Waals surface area contributed by atoms with E-state index in [9.17, 15) is 4.79 Å². The Morgan fingerprint density at radius 1 is 1.17 bits per heavy atom. The molecular formula is C23H26N4O2. The second-order valence-electron chi connectivity index (χ2n) is 7.51. The highest BCUT2D eigenvalue weighted by Crippen LogP contribution is 2.33. The molecule has 0 saturated carbocycles. The number of nitrogens with one attached hydrogen (secondary N) is 1. The summed E-state index contributed by atoms with van der Waals surface area (Å²) >= 11 is 0. The number of carbonyl (C=O) groups is 1. The first kappa shape index (κ1) is 19.4. The van der Waals surface area contributed by atoms with Gasteiger partial charge in [-0.15, -0.1) is 0 Å². The summed E-state index contributed by atoms with van der Waals surface area (Å²) in [7, 11) is 4.05. The Bertz CT molecular complexity index is 941. The average molecular weight is 390 g/mol. The minimum Gasteiger partial charge on any atom is -0.373 e. The summed E-state index contributed by atoms with van der Waals surface area (Å²) in [6.45, 7) is 1.81. The molecule has 1 aromatic heterocycles. The van der Waals surface area contributed by atoms with Crippen molar-refractivity contribution in [1.82, 2.24) is 19.8 Å². The van der Waals surface area contributed by atoms with E-state index in [4.69, 9.17) is 4.74 Å². The van der Waals surface area contributed by atoms with Gasteiger partial charge in [-0.05, 0) is 25.7 Å². The second-order valence-corrected chi connectivity index (χ2v) is 7.51. The number of rotatable bonds is 5. The summed E-state index contributed by atoms with van der Waals surface area (Å²) in [6, 6.07) is 17.6. The number of amides is 1. The number of aromatic nitrogens is 2. The minimum atomic E-state index is -0.149. The first-order valence-electron chi connectivity index (χ1n) is 9.86. The number of H-pyrrole nitrogens is 1. The van der Waals surface area contributed by atoms with Gasteiger partial charge >= 0.3 is 0 Å². The summed E-state index contributed by atoms with van der Waals surface area (Å²) in [5, 5.41) is 0. The number of nitrogens with zero attached hydrogens (tertiary/aromatic N) is 3. The van der Waals surface area contributed by atoms with Gasteiger partial charge in [0, 0.05) is 31.0 Å². The second kappa shape index (κ2) is 8.59. The quantitative estimate of drug-likeness (QED) is 0.727. The molecule has 6 heteroatoms. The van der Waals surface area contributed by atoms with Crippen LogP contribution in [-0.4, -0.2) is 65.6 Å². The lowest BCUT2D eigenvalue weighted by Gasteiger charge is -2.42. The number of aromatic amines is 1. The molecule has 0 spiro atoms. The van der Waals surface area contributed by atoms with E-state index in [1.54, 1.807) is 12.4 Å². The van der Waals surface area contributed by atoms with Crippen LogP contribution in [0.5, 0.6) is 0 Å². The maximum atomic E-state index is 13.7. The predicted octanol–water partition coefficient (Wildman–Crippen LogP) is 3.22. The van der Waals surface area contributed by atoms with Crippen LogP contribution in [-0.2, 0) is 4.74 Å². The molecule has 1 aliphatic heterocycles. The molecule has 4 rings (SSSR count). The number of hydrogen-bond donors (Lipinski definition) is 1. The molecule has 1 N–H and O–H groups in total. The molecule has 1 fully saturated rings. The van der Waals surface area contributed by atoms with E-state index in [2.05, 4.69) is 27.0 Å². The fourth-order valence-electron chi connectivity index (χ4n) is 3.96. The molecule has 0 bridgehead atoms. The molecule has 2 heterocycles. The SMILES string of the molecule is CN(C)C[C@@H]1OCCN(C(=O)c2ccccc2-c2ncc[nH]2)[C@H]1c1ccccc1. The van der Waals surface area contributed by atoms with Crippen LogP contribution >= 0.6 is 0 Å². The fourth-order valence-corrected chi connectivity index (χ4v) is 3.96. The van der Waals surface area contributed by atoms with Crippen molar-refractivity contribution in [3.8, 4) is 11.4 Å². The molecule has 0 aliphatic carbocycles. The van der Waals surface area contributed by atoms with Crippen molar-refractivity contribution in [2.24, 2.45) is 0 Å². The molecule has 0 unspecified atom stereocenters. The lowest BCUT2D eigenvalue weighted by Crippen LogP contribution is -2.51. The van der Waals surface area contributed by atoms with Crippen LogP contribution in [0, 0.1) is 0 Å². The van der Waals surface area contributed by atoms with Crippen molar-refractivity contribution >= 4 is 5.91 Å². The highest BCUT2D eigenvalue weighted by Gasteiger charge is 2.37. The third-order valence-electron chi connectivity index (χ3n) is 5.21. The Kier molecular flexibility index (Phi) is 5.74. The van der Waals surface area contributed by atoms with Gasteiger partial charge in [-0.1, -0.05) is 48.5 Å². The lowest BCUT2D eigenvalue weighted by molar-refractivity contribution is -0.0684. The highest BCUT2D eigenvalue weighted by molar-refractivity contribution is 6.00. The van der Waals surface area contributed by atoms with Gasteiger partial charge in [0.2, 0.25) is 0 Å². The van der Waals surface area contributed by atoms with Gasteiger partial charge in [-0.25, -0.2) is 4.98 Å². The summed E-state index contributed by atoms with van der Waals surface area (Å²) in [5.74, 6) is 0.696. The Hall–Kier alpha value is -2.96. The smallest absolute Gasteiger partial charge is 0.255 e. The van der Waals surface area contributed by atoms with Gasteiger partial charge in [0.05, 0.1) is 24.3 Å². The van der Waals surface area contributed by atoms with Crippen LogP contribution in [0.15, 0.2) is 67.0 Å². The Labute approximate surface area is 171 Å².